The molecule has 0 aromatic heterocycles. The molecular formula is C15H26N2O2. The Kier molecular flexibility index (Phi) is 5.23. The first kappa shape index (κ1) is 14.4. The van der Waals surface area contributed by atoms with Gasteiger partial charge in [0.2, 0.25) is 5.91 Å². The Morgan fingerprint density at radius 2 is 1.42 bits per heavy atom. The molecule has 2 rings (SSSR count). The monoisotopic (exact) mass is 266 g/mol. The summed E-state index contributed by atoms with van der Waals surface area (Å²) in [5.74, 6) is -0.111. The Bertz CT molecular complexity index is 318. The fourth-order valence-corrected chi connectivity index (χ4v) is 3.40. The lowest BCUT2D eigenvalue weighted by Gasteiger charge is -2.34. The van der Waals surface area contributed by atoms with E-state index in [1.165, 1.54) is 37.5 Å². The van der Waals surface area contributed by atoms with Gasteiger partial charge in [-0.05, 0) is 25.7 Å². The number of amides is 3. The van der Waals surface area contributed by atoms with E-state index < -0.39 is 0 Å². The highest BCUT2D eigenvalue weighted by atomic mass is 16.2. The van der Waals surface area contributed by atoms with Gasteiger partial charge in [0.1, 0.15) is 0 Å². The van der Waals surface area contributed by atoms with Crippen molar-refractivity contribution in [1.29, 1.82) is 0 Å². The fourth-order valence-electron chi connectivity index (χ4n) is 3.40. The molecule has 0 aromatic rings. The molecule has 108 valence electrons. The molecule has 3 amide bonds. The average molecular weight is 266 g/mol. The number of carbonyl (C=O) groups is 2. The van der Waals surface area contributed by atoms with Crippen molar-refractivity contribution in [2.24, 2.45) is 0 Å². The van der Waals surface area contributed by atoms with Gasteiger partial charge < -0.3 is 5.32 Å². The number of urea groups is 1. The Morgan fingerprint density at radius 1 is 0.895 bits per heavy atom. The van der Waals surface area contributed by atoms with E-state index in [0.717, 1.165) is 38.5 Å². The number of carbonyl (C=O) groups excluding carboxylic acids is 2. The molecule has 0 aromatic carbocycles. The van der Waals surface area contributed by atoms with Crippen LogP contribution in [-0.2, 0) is 4.79 Å². The van der Waals surface area contributed by atoms with Crippen molar-refractivity contribution in [2.75, 3.05) is 0 Å². The van der Waals surface area contributed by atoms with Crippen molar-refractivity contribution >= 4 is 11.9 Å². The van der Waals surface area contributed by atoms with Crippen LogP contribution in [-0.4, -0.2) is 28.9 Å². The summed E-state index contributed by atoms with van der Waals surface area (Å²) in [4.78, 5) is 25.6. The summed E-state index contributed by atoms with van der Waals surface area (Å²) in [6.45, 7) is 1.51. The summed E-state index contributed by atoms with van der Waals surface area (Å²) in [6.07, 6.45) is 11.2. The lowest BCUT2D eigenvalue weighted by Crippen LogP contribution is -2.52. The van der Waals surface area contributed by atoms with Crippen LogP contribution in [0.2, 0.25) is 0 Å². The van der Waals surface area contributed by atoms with Crippen LogP contribution in [0.3, 0.4) is 0 Å². The quantitative estimate of drug-likeness (QED) is 0.834. The number of imide groups is 1. The Balaban J connectivity index is 1.93. The summed E-state index contributed by atoms with van der Waals surface area (Å²) in [7, 11) is 0. The van der Waals surface area contributed by atoms with Crippen LogP contribution in [0.4, 0.5) is 4.79 Å². The number of hydrogen-bond donors (Lipinski definition) is 1. The first-order valence-electron chi connectivity index (χ1n) is 7.79. The van der Waals surface area contributed by atoms with Crippen LogP contribution >= 0.6 is 0 Å². The Morgan fingerprint density at radius 3 is 1.95 bits per heavy atom. The Hall–Kier alpha value is -1.06. The number of rotatable bonds is 2. The molecule has 0 bridgehead atoms. The smallest absolute Gasteiger partial charge is 0.324 e. The highest BCUT2D eigenvalue weighted by molar-refractivity contribution is 5.93. The second-order valence-corrected chi connectivity index (χ2v) is 5.97. The summed E-state index contributed by atoms with van der Waals surface area (Å²) in [5.41, 5.74) is 0. The molecule has 2 aliphatic rings. The van der Waals surface area contributed by atoms with Crippen molar-refractivity contribution in [3.63, 3.8) is 0 Å². The summed E-state index contributed by atoms with van der Waals surface area (Å²) in [6, 6.07) is 0.229. The highest BCUT2D eigenvalue weighted by Crippen LogP contribution is 2.23. The minimum Gasteiger partial charge on any atom is -0.335 e. The predicted octanol–water partition coefficient (Wildman–Crippen LogP) is 3.21. The zero-order valence-electron chi connectivity index (χ0n) is 12.0. The molecule has 0 spiro atoms. The minimum absolute atomic E-state index is 0.111. The zero-order valence-corrected chi connectivity index (χ0v) is 12.0. The van der Waals surface area contributed by atoms with Gasteiger partial charge in [0, 0.05) is 19.0 Å². The molecule has 4 nitrogen and oxygen atoms in total. The van der Waals surface area contributed by atoms with Gasteiger partial charge in [-0.25, -0.2) is 4.79 Å². The largest absolute Gasteiger partial charge is 0.335 e. The van der Waals surface area contributed by atoms with Crippen molar-refractivity contribution in [1.82, 2.24) is 10.2 Å². The third-order valence-corrected chi connectivity index (χ3v) is 4.43. The van der Waals surface area contributed by atoms with Crippen LogP contribution in [0, 0.1) is 0 Å². The minimum atomic E-state index is -0.161. The van der Waals surface area contributed by atoms with Crippen LogP contribution in [0.5, 0.6) is 0 Å². The maximum atomic E-state index is 12.3. The molecule has 0 aliphatic heterocycles. The molecule has 2 aliphatic carbocycles. The van der Waals surface area contributed by atoms with Gasteiger partial charge in [-0.2, -0.15) is 0 Å². The normalized spacial score (nSPS) is 21.9. The van der Waals surface area contributed by atoms with Crippen LogP contribution in [0.25, 0.3) is 0 Å². The van der Waals surface area contributed by atoms with Gasteiger partial charge in [-0.15, -0.1) is 0 Å². The zero-order chi connectivity index (χ0) is 13.7. The molecule has 1 N–H and O–H groups in total. The standard InChI is InChI=1S/C15H26N2O2/c1-12(18)17(14-10-6-3-7-11-14)15(19)16-13-8-4-2-5-9-13/h13-14H,2-11H2,1H3,(H,16,19). The molecule has 0 radical (unpaired) electrons. The predicted molar refractivity (Wildman–Crippen MR) is 74.8 cm³/mol. The molecule has 0 saturated heterocycles. The van der Waals surface area contributed by atoms with E-state index in [1.54, 1.807) is 0 Å². The molecule has 19 heavy (non-hydrogen) atoms. The molecule has 0 heterocycles. The molecule has 2 fully saturated rings. The number of nitrogens with one attached hydrogen (secondary N) is 1. The third kappa shape index (κ3) is 3.95. The van der Waals surface area contributed by atoms with Crippen LogP contribution in [0.1, 0.15) is 71.1 Å². The van der Waals surface area contributed by atoms with Crippen molar-refractivity contribution in [2.45, 2.75) is 83.2 Å². The Labute approximate surface area is 115 Å². The summed E-state index contributed by atoms with van der Waals surface area (Å²) < 4.78 is 0. The molecular weight excluding hydrogens is 240 g/mol. The topological polar surface area (TPSA) is 49.4 Å². The van der Waals surface area contributed by atoms with E-state index in [4.69, 9.17) is 0 Å². The van der Waals surface area contributed by atoms with Gasteiger partial charge in [0.05, 0.1) is 0 Å². The van der Waals surface area contributed by atoms with E-state index >= 15 is 0 Å². The van der Waals surface area contributed by atoms with E-state index in [9.17, 15) is 9.59 Å². The maximum Gasteiger partial charge on any atom is 0.324 e. The SMILES string of the molecule is CC(=O)N(C(=O)NC1CCCCC1)C1CCCCC1. The maximum absolute atomic E-state index is 12.3. The third-order valence-electron chi connectivity index (χ3n) is 4.43. The van der Waals surface area contributed by atoms with Gasteiger partial charge in [-0.1, -0.05) is 38.5 Å². The lowest BCUT2D eigenvalue weighted by atomic mass is 9.94. The van der Waals surface area contributed by atoms with E-state index in [0.29, 0.717) is 0 Å². The van der Waals surface area contributed by atoms with Crippen molar-refractivity contribution in [3.05, 3.63) is 0 Å². The van der Waals surface area contributed by atoms with Crippen LogP contribution in [0.15, 0.2) is 0 Å². The van der Waals surface area contributed by atoms with Crippen molar-refractivity contribution in [3.8, 4) is 0 Å². The molecule has 2 saturated carbocycles. The lowest BCUT2D eigenvalue weighted by molar-refractivity contribution is -0.128. The second-order valence-electron chi connectivity index (χ2n) is 5.97. The van der Waals surface area contributed by atoms with Crippen molar-refractivity contribution < 1.29 is 9.59 Å². The van der Waals surface area contributed by atoms with Gasteiger partial charge >= 0.3 is 6.03 Å². The highest BCUT2D eigenvalue weighted by Gasteiger charge is 2.30. The average Bonchev–Trinajstić information content (AvgIpc) is 2.40. The van der Waals surface area contributed by atoms with Gasteiger partial charge in [-0.3, -0.25) is 9.69 Å². The summed E-state index contributed by atoms with van der Waals surface area (Å²) >= 11 is 0. The van der Waals surface area contributed by atoms with E-state index in [-0.39, 0.29) is 24.0 Å². The van der Waals surface area contributed by atoms with Gasteiger partial charge in [0.15, 0.2) is 0 Å². The number of hydrogen-bond acceptors (Lipinski definition) is 2. The summed E-state index contributed by atoms with van der Waals surface area (Å²) in [5, 5.41) is 3.06. The molecule has 0 atom stereocenters. The first-order valence-corrected chi connectivity index (χ1v) is 7.79. The first-order chi connectivity index (χ1) is 9.18. The fraction of sp³-hybridized carbons (Fsp3) is 0.867. The van der Waals surface area contributed by atoms with E-state index in [2.05, 4.69) is 5.32 Å². The molecule has 0 unspecified atom stereocenters. The molecule has 4 heteroatoms. The van der Waals surface area contributed by atoms with Gasteiger partial charge in [0.25, 0.3) is 0 Å². The second kappa shape index (κ2) is 6.92. The van der Waals surface area contributed by atoms with Crippen LogP contribution < -0.4 is 5.32 Å². The van der Waals surface area contributed by atoms with E-state index in [1.807, 2.05) is 0 Å². The number of nitrogens with zero attached hydrogens (tertiary/aromatic N) is 1.